The number of sulfone groups is 1. The topological polar surface area (TPSA) is 72.9 Å². The summed E-state index contributed by atoms with van der Waals surface area (Å²) in [6.07, 6.45) is 2.15. The number of nitrogens with zero attached hydrogens (tertiary/aromatic N) is 1. The van der Waals surface area contributed by atoms with Crippen molar-refractivity contribution in [2.45, 2.75) is 62.6 Å². The van der Waals surface area contributed by atoms with E-state index in [4.69, 9.17) is 9.47 Å². The number of rotatable bonds is 8. The Bertz CT molecular complexity index is 1090. The minimum Gasteiger partial charge on any atom is -0.493 e. The van der Waals surface area contributed by atoms with Crippen molar-refractivity contribution in [3.8, 4) is 11.5 Å². The Morgan fingerprint density at radius 2 is 1.66 bits per heavy atom. The highest BCUT2D eigenvalue weighted by molar-refractivity contribution is 7.93. The molecule has 2 aromatic carbocycles. The molecular formula is C25H33NO5S. The Balaban J connectivity index is 2.00. The molecule has 0 aliphatic heterocycles. The van der Waals surface area contributed by atoms with Gasteiger partial charge in [0.25, 0.3) is 0 Å². The summed E-state index contributed by atoms with van der Waals surface area (Å²) in [5.41, 5.74) is 2.40. The van der Waals surface area contributed by atoms with Crippen molar-refractivity contribution in [1.82, 2.24) is 4.90 Å². The van der Waals surface area contributed by atoms with Gasteiger partial charge >= 0.3 is 0 Å². The van der Waals surface area contributed by atoms with Gasteiger partial charge in [-0.15, -0.1) is 0 Å². The molecule has 3 rings (SSSR count). The molecule has 6 nitrogen and oxygen atoms in total. The average molecular weight is 460 g/mol. The van der Waals surface area contributed by atoms with Gasteiger partial charge in [0.05, 0.1) is 19.1 Å². The van der Waals surface area contributed by atoms with E-state index in [0.717, 1.165) is 24.0 Å². The molecule has 1 aliphatic rings. The molecule has 0 spiro atoms. The first-order valence-electron chi connectivity index (χ1n) is 11.0. The fourth-order valence-corrected chi connectivity index (χ4v) is 7.00. The average Bonchev–Trinajstić information content (AvgIpc) is 3.30. The molecule has 0 N–H and O–H groups in total. The summed E-state index contributed by atoms with van der Waals surface area (Å²) in [6.45, 7) is 6.26. The molecule has 1 aliphatic carbocycles. The van der Waals surface area contributed by atoms with Gasteiger partial charge in [-0.25, -0.2) is 8.42 Å². The van der Waals surface area contributed by atoms with Crippen molar-refractivity contribution >= 4 is 15.7 Å². The summed E-state index contributed by atoms with van der Waals surface area (Å²) >= 11 is 0. The number of amides is 1. The summed E-state index contributed by atoms with van der Waals surface area (Å²) in [5.74, 6) is 0.871. The van der Waals surface area contributed by atoms with Crippen molar-refractivity contribution < 1.29 is 22.7 Å². The molecule has 0 aromatic heterocycles. The minimum atomic E-state index is -3.86. The third-order valence-corrected chi connectivity index (χ3v) is 9.07. The maximum absolute atomic E-state index is 13.9. The predicted octanol–water partition coefficient (Wildman–Crippen LogP) is 4.46. The predicted molar refractivity (Wildman–Crippen MR) is 125 cm³/mol. The van der Waals surface area contributed by atoms with Crippen LogP contribution in [-0.2, 0) is 21.2 Å². The van der Waals surface area contributed by atoms with E-state index in [1.54, 1.807) is 38.2 Å². The molecule has 0 radical (unpaired) electrons. The zero-order chi connectivity index (χ0) is 23.5. The van der Waals surface area contributed by atoms with Crippen LogP contribution < -0.4 is 9.47 Å². The normalized spacial score (nSPS) is 15.4. The second kappa shape index (κ2) is 9.53. The maximum atomic E-state index is 13.9. The molecule has 1 fully saturated rings. The van der Waals surface area contributed by atoms with E-state index in [-0.39, 0.29) is 10.8 Å². The van der Waals surface area contributed by atoms with Gasteiger partial charge in [-0.3, -0.25) is 4.79 Å². The van der Waals surface area contributed by atoms with E-state index >= 15 is 0 Å². The Morgan fingerprint density at radius 3 is 2.25 bits per heavy atom. The highest BCUT2D eigenvalue weighted by Crippen LogP contribution is 2.43. The Hall–Kier alpha value is -2.54. The molecule has 174 valence electrons. The second-order valence-electron chi connectivity index (χ2n) is 8.48. The zero-order valence-corrected chi connectivity index (χ0v) is 20.4. The van der Waals surface area contributed by atoms with E-state index in [2.05, 4.69) is 0 Å². The molecule has 0 heterocycles. The molecule has 1 saturated carbocycles. The van der Waals surface area contributed by atoms with E-state index in [9.17, 15) is 13.2 Å². The monoisotopic (exact) mass is 459 g/mol. The van der Waals surface area contributed by atoms with Crippen molar-refractivity contribution in [2.24, 2.45) is 0 Å². The Kier molecular flexibility index (Phi) is 7.18. The lowest BCUT2D eigenvalue weighted by molar-refractivity contribution is -0.134. The van der Waals surface area contributed by atoms with Crippen molar-refractivity contribution in [3.05, 3.63) is 53.1 Å². The van der Waals surface area contributed by atoms with Crippen LogP contribution in [0.2, 0.25) is 0 Å². The third-order valence-electron chi connectivity index (χ3n) is 6.44. The molecule has 32 heavy (non-hydrogen) atoms. The van der Waals surface area contributed by atoms with Crippen LogP contribution in [0, 0.1) is 13.8 Å². The molecular weight excluding hydrogens is 426 g/mol. The van der Waals surface area contributed by atoms with Crippen LogP contribution in [-0.4, -0.2) is 44.7 Å². The van der Waals surface area contributed by atoms with Crippen LogP contribution in [0.1, 0.15) is 49.3 Å². The number of ether oxygens (including phenoxy) is 2. The van der Waals surface area contributed by atoms with E-state index < -0.39 is 14.6 Å². The van der Waals surface area contributed by atoms with E-state index in [1.807, 2.05) is 38.1 Å². The number of carbonyl (C=O) groups is 1. The van der Waals surface area contributed by atoms with Gasteiger partial charge in [-0.1, -0.05) is 31.0 Å². The van der Waals surface area contributed by atoms with Crippen molar-refractivity contribution in [3.63, 3.8) is 0 Å². The summed E-state index contributed by atoms with van der Waals surface area (Å²) in [6, 6.07) is 10.9. The smallest absolute Gasteiger partial charge is 0.244 e. The van der Waals surface area contributed by atoms with Gasteiger partial charge in [-0.05, 0) is 68.5 Å². The molecule has 2 aromatic rings. The fourth-order valence-electron chi connectivity index (χ4n) is 4.57. The van der Waals surface area contributed by atoms with E-state index in [1.165, 1.54) is 0 Å². The Morgan fingerprint density at radius 1 is 1.00 bits per heavy atom. The number of hydrogen-bond donors (Lipinski definition) is 0. The summed E-state index contributed by atoms with van der Waals surface area (Å²) < 4.78 is 37.2. The number of carbonyl (C=O) groups excluding carboxylic acids is 1. The first-order chi connectivity index (χ1) is 15.2. The van der Waals surface area contributed by atoms with Gasteiger partial charge in [0.2, 0.25) is 5.91 Å². The Labute approximate surface area is 191 Å². The fraction of sp³-hybridized carbons (Fsp3) is 0.480. The molecule has 0 atom stereocenters. The molecule has 7 heteroatoms. The number of aryl methyl sites for hydroxylation is 2. The van der Waals surface area contributed by atoms with Crippen LogP contribution in [0.25, 0.3) is 0 Å². The maximum Gasteiger partial charge on any atom is 0.244 e. The quantitative estimate of drug-likeness (QED) is 0.583. The van der Waals surface area contributed by atoms with Crippen molar-refractivity contribution in [1.29, 1.82) is 0 Å². The summed E-state index contributed by atoms with van der Waals surface area (Å²) in [5, 5.41) is 0. The first kappa shape index (κ1) is 24.1. The van der Waals surface area contributed by atoms with Crippen LogP contribution in [0.5, 0.6) is 11.5 Å². The molecule has 0 bridgehead atoms. The molecule has 0 unspecified atom stereocenters. The lowest BCUT2D eigenvalue weighted by Crippen LogP contribution is -2.52. The minimum absolute atomic E-state index is 0.273. The van der Waals surface area contributed by atoms with Gasteiger partial charge in [-0.2, -0.15) is 0 Å². The molecule has 1 amide bonds. The van der Waals surface area contributed by atoms with E-state index in [0.29, 0.717) is 43.0 Å². The van der Waals surface area contributed by atoms with Gasteiger partial charge in [0.1, 0.15) is 0 Å². The number of benzene rings is 2. The van der Waals surface area contributed by atoms with Gasteiger partial charge in [0.15, 0.2) is 26.1 Å². The largest absolute Gasteiger partial charge is 0.493 e. The van der Waals surface area contributed by atoms with Crippen LogP contribution >= 0.6 is 0 Å². The standard InChI is InChI=1S/C25H33NO5S/c1-6-26(17-20-11-12-21(30-4)22(16-20)31-5)24(27)25(13-7-8-14-25)32(28,29)23-15-18(2)9-10-19(23)3/h9-12,15-16H,6-8,13-14,17H2,1-5H3. The van der Waals surface area contributed by atoms with Crippen LogP contribution in [0.3, 0.4) is 0 Å². The first-order valence-corrected chi connectivity index (χ1v) is 12.5. The highest BCUT2D eigenvalue weighted by atomic mass is 32.2. The summed E-state index contributed by atoms with van der Waals surface area (Å²) in [7, 11) is -0.725. The van der Waals surface area contributed by atoms with Crippen molar-refractivity contribution in [2.75, 3.05) is 20.8 Å². The lowest BCUT2D eigenvalue weighted by Gasteiger charge is -2.34. The lowest BCUT2D eigenvalue weighted by atomic mass is 10.0. The highest BCUT2D eigenvalue weighted by Gasteiger charge is 2.54. The van der Waals surface area contributed by atoms with Crippen LogP contribution in [0.15, 0.2) is 41.3 Å². The number of hydrogen-bond acceptors (Lipinski definition) is 5. The second-order valence-corrected chi connectivity index (χ2v) is 10.7. The SMILES string of the molecule is CCN(Cc1ccc(OC)c(OC)c1)C(=O)C1(S(=O)(=O)c2cc(C)ccc2C)CCCC1. The zero-order valence-electron chi connectivity index (χ0n) is 19.6. The van der Waals surface area contributed by atoms with Crippen LogP contribution in [0.4, 0.5) is 0 Å². The van der Waals surface area contributed by atoms with Gasteiger partial charge in [0, 0.05) is 13.1 Å². The number of methoxy groups -OCH3 is 2. The summed E-state index contributed by atoms with van der Waals surface area (Å²) in [4.78, 5) is 15.8. The molecule has 0 saturated heterocycles. The van der Waals surface area contributed by atoms with Gasteiger partial charge < -0.3 is 14.4 Å². The third kappa shape index (κ3) is 4.22.